The van der Waals surface area contributed by atoms with Crippen molar-refractivity contribution in [3.63, 3.8) is 0 Å². The Morgan fingerprint density at radius 3 is 2.72 bits per heavy atom. The highest BCUT2D eigenvalue weighted by atomic mass is 35.5. The van der Waals surface area contributed by atoms with Gasteiger partial charge in [0.25, 0.3) is 0 Å². The van der Waals surface area contributed by atoms with E-state index in [1.54, 1.807) is 0 Å². The van der Waals surface area contributed by atoms with Gasteiger partial charge < -0.3 is 15.7 Å². The standard InChI is InChI=1S/C11H12ClFN2O3/c12-7-1-2-9(8(13)5-7)15-10(16)6-14-4-3-11(17)18/h1-2,5,14H,3-4,6H2,(H,15,16)(H,17,18). The maximum absolute atomic E-state index is 13.3. The van der Waals surface area contributed by atoms with Gasteiger partial charge in [-0.25, -0.2) is 4.39 Å². The minimum Gasteiger partial charge on any atom is -0.481 e. The van der Waals surface area contributed by atoms with Crippen molar-refractivity contribution < 1.29 is 19.1 Å². The summed E-state index contributed by atoms with van der Waals surface area (Å²) < 4.78 is 13.3. The first-order valence-electron chi connectivity index (χ1n) is 5.16. The van der Waals surface area contributed by atoms with E-state index in [2.05, 4.69) is 10.6 Å². The summed E-state index contributed by atoms with van der Waals surface area (Å²) in [7, 11) is 0. The summed E-state index contributed by atoms with van der Waals surface area (Å²) in [5, 5.41) is 13.6. The molecule has 0 saturated heterocycles. The molecule has 1 aromatic carbocycles. The Morgan fingerprint density at radius 2 is 2.11 bits per heavy atom. The van der Waals surface area contributed by atoms with Crippen molar-refractivity contribution in [1.82, 2.24) is 5.32 Å². The zero-order valence-electron chi connectivity index (χ0n) is 9.37. The van der Waals surface area contributed by atoms with Crippen LogP contribution in [0.1, 0.15) is 6.42 Å². The second-order valence-electron chi connectivity index (χ2n) is 3.49. The van der Waals surface area contributed by atoms with Gasteiger partial charge in [0.05, 0.1) is 18.7 Å². The van der Waals surface area contributed by atoms with Gasteiger partial charge in [-0.15, -0.1) is 0 Å². The van der Waals surface area contributed by atoms with Crippen LogP contribution in [0.15, 0.2) is 18.2 Å². The summed E-state index contributed by atoms with van der Waals surface area (Å²) in [4.78, 5) is 21.6. The monoisotopic (exact) mass is 274 g/mol. The number of benzene rings is 1. The van der Waals surface area contributed by atoms with Crippen molar-refractivity contribution in [2.75, 3.05) is 18.4 Å². The number of carboxylic acids is 1. The Morgan fingerprint density at radius 1 is 1.39 bits per heavy atom. The lowest BCUT2D eigenvalue weighted by Gasteiger charge is -2.07. The molecule has 1 aromatic rings. The second kappa shape index (κ2) is 6.93. The molecule has 0 unspecified atom stereocenters. The summed E-state index contributed by atoms with van der Waals surface area (Å²) in [6.45, 7) is 0.0845. The van der Waals surface area contributed by atoms with Crippen LogP contribution in [0.2, 0.25) is 5.02 Å². The van der Waals surface area contributed by atoms with E-state index < -0.39 is 17.7 Å². The molecule has 0 saturated carbocycles. The number of amides is 1. The number of carboxylic acid groups (broad SMARTS) is 1. The summed E-state index contributed by atoms with van der Waals surface area (Å²) in [6, 6.07) is 3.90. The maximum atomic E-state index is 13.3. The highest BCUT2D eigenvalue weighted by molar-refractivity contribution is 6.30. The zero-order valence-corrected chi connectivity index (χ0v) is 10.1. The van der Waals surface area contributed by atoms with Crippen LogP contribution in [-0.4, -0.2) is 30.1 Å². The van der Waals surface area contributed by atoms with E-state index in [1.807, 2.05) is 0 Å². The average Bonchev–Trinajstić information content (AvgIpc) is 2.28. The quantitative estimate of drug-likeness (QED) is 0.687. The Hall–Kier alpha value is -1.66. The van der Waals surface area contributed by atoms with Crippen molar-refractivity contribution in [2.24, 2.45) is 0 Å². The van der Waals surface area contributed by atoms with E-state index in [0.29, 0.717) is 0 Å². The minimum absolute atomic E-state index is 0.0319. The molecular formula is C11H12ClFN2O3. The van der Waals surface area contributed by atoms with Gasteiger partial charge in [-0.05, 0) is 18.2 Å². The first-order chi connectivity index (χ1) is 8.49. The normalized spacial score (nSPS) is 10.1. The predicted molar refractivity (Wildman–Crippen MR) is 65.2 cm³/mol. The van der Waals surface area contributed by atoms with Crippen LogP contribution >= 0.6 is 11.6 Å². The van der Waals surface area contributed by atoms with Gasteiger partial charge in [0, 0.05) is 11.6 Å². The molecule has 0 heterocycles. The van der Waals surface area contributed by atoms with Crippen molar-refractivity contribution in [2.45, 2.75) is 6.42 Å². The van der Waals surface area contributed by atoms with Gasteiger partial charge in [0.2, 0.25) is 5.91 Å². The Kier molecular flexibility index (Phi) is 5.54. The molecule has 0 aliphatic carbocycles. The number of anilines is 1. The lowest BCUT2D eigenvalue weighted by molar-refractivity contribution is -0.137. The number of halogens is 2. The van der Waals surface area contributed by atoms with Crippen LogP contribution in [0.25, 0.3) is 0 Å². The first-order valence-corrected chi connectivity index (χ1v) is 5.54. The molecule has 5 nitrogen and oxygen atoms in total. The molecule has 1 amide bonds. The lowest BCUT2D eigenvalue weighted by atomic mass is 10.3. The van der Waals surface area contributed by atoms with Gasteiger partial charge in [-0.3, -0.25) is 9.59 Å². The average molecular weight is 275 g/mol. The van der Waals surface area contributed by atoms with Crippen molar-refractivity contribution in [3.05, 3.63) is 29.0 Å². The molecule has 1 rings (SSSR count). The predicted octanol–water partition coefficient (Wildman–Crippen LogP) is 1.48. The molecule has 0 atom stereocenters. The van der Waals surface area contributed by atoms with Crippen molar-refractivity contribution in [1.29, 1.82) is 0 Å². The topological polar surface area (TPSA) is 78.4 Å². The molecule has 3 N–H and O–H groups in total. The Bertz CT molecular complexity index is 454. The van der Waals surface area contributed by atoms with E-state index in [9.17, 15) is 14.0 Å². The smallest absolute Gasteiger partial charge is 0.304 e. The first kappa shape index (κ1) is 14.4. The van der Waals surface area contributed by atoms with Gasteiger partial charge in [0.15, 0.2) is 0 Å². The number of carbonyl (C=O) groups is 2. The highest BCUT2D eigenvalue weighted by Crippen LogP contribution is 2.18. The van der Waals surface area contributed by atoms with Crippen LogP contribution < -0.4 is 10.6 Å². The number of rotatable bonds is 6. The molecule has 0 bridgehead atoms. The molecule has 18 heavy (non-hydrogen) atoms. The zero-order chi connectivity index (χ0) is 13.5. The van der Waals surface area contributed by atoms with Crippen LogP contribution in [0, 0.1) is 5.82 Å². The highest BCUT2D eigenvalue weighted by Gasteiger charge is 2.07. The third-order valence-electron chi connectivity index (χ3n) is 2.01. The summed E-state index contributed by atoms with van der Waals surface area (Å²) >= 11 is 5.56. The summed E-state index contributed by atoms with van der Waals surface area (Å²) in [5.74, 6) is -2.03. The fourth-order valence-electron chi connectivity index (χ4n) is 1.18. The summed E-state index contributed by atoms with van der Waals surface area (Å²) in [5.41, 5.74) is 0.0319. The van der Waals surface area contributed by atoms with Gasteiger partial charge in [-0.2, -0.15) is 0 Å². The Balaban J connectivity index is 2.38. The number of nitrogens with one attached hydrogen (secondary N) is 2. The Labute approximate surface area is 108 Å². The third kappa shape index (κ3) is 5.11. The van der Waals surface area contributed by atoms with Crippen LogP contribution in [-0.2, 0) is 9.59 Å². The molecule has 0 aliphatic heterocycles. The molecule has 98 valence electrons. The van der Waals surface area contributed by atoms with Gasteiger partial charge in [0.1, 0.15) is 5.82 Å². The van der Waals surface area contributed by atoms with E-state index >= 15 is 0 Å². The third-order valence-corrected chi connectivity index (χ3v) is 2.24. The minimum atomic E-state index is -0.952. The second-order valence-corrected chi connectivity index (χ2v) is 3.93. The van der Waals surface area contributed by atoms with Crippen LogP contribution in [0.3, 0.4) is 0 Å². The summed E-state index contributed by atoms with van der Waals surface area (Å²) in [6.07, 6.45) is -0.0808. The molecule has 0 radical (unpaired) electrons. The van der Waals surface area contributed by atoms with Crippen LogP contribution in [0.4, 0.5) is 10.1 Å². The van der Waals surface area contributed by atoms with Crippen molar-refractivity contribution >= 4 is 29.2 Å². The molecule has 7 heteroatoms. The lowest BCUT2D eigenvalue weighted by Crippen LogP contribution is -2.29. The van der Waals surface area contributed by atoms with E-state index in [-0.39, 0.29) is 30.2 Å². The SMILES string of the molecule is O=C(O)CCNCC(=O)Nc1ccc(Cl)cc1F. The number of aliphatic carboxylic acids is 1. The number of hydrogen-bond acceptors (Lipinski definition) is 3. The number of carbonyl (C=O) groups excluding carboxylic acids is 1. The number of hydrogen-bond donors (Lipinski definition) is 3. The van der Waals surface area contributed by atoms with E-state index in [4.69, 9.17) is 16.7 Å². The molecule has 0 aliphatic rings. The fourth-order valence-corrected chi connectivity index (χ4v) is 1.34. The van der Waals surface area contributed by atoms with Crippen LogP contribution in [0.5, 0.6) is 0 Å². The van der Waals surface area contributed by atoms with E-state index in [1.165, 1.54) is 12.1 Å². The van der Waals surface area contributed by atoms with E-state index in [0.717, 1.165) is 6.07 Å². The molecule has 0 aromatic heterocycles. The fraction of sp³-hybridized carbons (Fsp3) is 0.273. The molecular weight excluding hydrogens is 263 g/mol. The van der Waals surface area contributed by atoms with Gasteiger partial charge >= 0.3 is 5.97 Å². The van der Waals surface area contributed by atoms with Crippen molar-refractivity contribution in [3.8, 4) is 0 Å². The maximum Gasteiger partial charge on any atom is 0.304 e. The van der Waals surface area contributed by atoms with Gasteiger partial charge in [-0.1, -0.05) is 11.6 Å². The largest absolute Gasteiger partial charge is 0.481 e. The molecule has 0 spiro atoms. The molecule has 0 fully saturated rings.